The Hall–Kier alpha value is -1.78. The number of benzene rings is 1. The molecule has 2 atom stereocenters. The van der Waals surface area contributed by atoms with Gasteiger partial charge in [-0.3, -0.25) is 0 Å². The van der Waals surface area contributed by atoms with Crippen molar-refractivity contribution < 1.29 is 19.4 Å². The Labute approximate surface area is 133 Å². The van der Waals surface area contributed by atoms with Crippen LogP contribution < -0.4 is 10.6 Å². The zero-order chi connectivity index (χ0) is 16.2. The molecule has 118 valence electrons. The third-order valence-electron chi connectivity index (χ3n) is 3.40. The summed E-state index contributed by atoms with van der Waals surface area (Å²) in [7, 11) is 1.55. The Morgan fingerprint density at radius 1 is 1.50 bits per heavy atom. The van der Waals surface area contributed by atoms with Crippen molar-refractivity contribution in [3.63, 3.8) is 0 Å². The van der Waals surface area contributed by atoms with Gasteiger partial charge < -0.3 is 25.2 Å². The molecule has 0 saturated heterocycles. The number of terminal acetylenes is 1. The number of hydrogen-bond donors (Lipinski definition) is 3. The molecular weight excluding hydrogens is 308 g/mol. The second-order valence-corrected chi connectivity index (χ2v) is 5.24. The van der Waals surface area contributed by atoms with Crippen LogP contribution in [-0.4, -0.2) is 44.2 Å². The van der Waals surface area contributed by atoms with Crippen molar-refractivity contribution in [2.45, 2.75) is 11.6 Å². The number of rotatable bonds is 6. The Bertz CT molecular complexity index is 602. The lowest BCUT2D eigenvalue weighted by Crippen LogP contribution is -2.58. The number of methoxy groups -OCH3 is 1. The zero-order valence-corrected chi connectivity index (χ0v) is 12.8. The number of halogens is 1. The molecule has 0 bridgehead atoms. The summed E-state index contributed by atoms with van der Waals surface area (Å²) in [4.78, 5) is 11.8. The van der Waals surface area contributed by atoms with Crippen LogP contribution >= 0.6 is 11.6 Å². The lowest BCUT2D eigenvalue weighted by Gasteiger charge is -2.39. The number of carbonyl (C=O) groups excluding carboxylic acids is 1. The predicted molar refractivity (Wildman–Crippen MR) is 82.8 cm³/mol. The van der Waals surface area contributed by atoms with Gasteiger partial charge in [0.05, 0.1) is 19.8 Å². The average molecular weight is 325 g/mol. The molecule has 7 heteroatoms. The highest BCUT2D eigenvalue weighted by atomic mass is 35.5. The molecule has 1 heterocycles. The van der Waals surface area contributed by atoms with Crippen molar-refractivity contribution in [3.05, 3.63) is 28.8 Å². The van der Waals surface area contributed by atoms with Crippen molar-refractivity contribution in [3.8, 4) is 12.3 Å². The van der Waals surface area contributed by atoms with Crippen molar-refractivity contribution in [1.82, 2.24) is 5.32 Å². The lowest BCUT2D eigenvalue weighted by atomic mass is 9.83. The molecule has 0 aliphatic carbocycles. The van der Waals surface area contributed by atoms with Crippen LogP contribution in [0.1, 0.15) is 5.56 Å². The fraction of sp³-hybridized carbons (Fsp3) is 0.400. The van der Waals surface area contributed by atoms with Gasteiger partial charge in [-0.1, -0.05) is 17.5 Å². The molecule has 2 amide bonds. The molecule has 1 aliphatic rings. The molecule has 1 aliphatic heterocycles. The summed E-state index contributed by atoms with van der Waals surface area (Å²) in [6.45, 7) is 0.648. The van der Waals surface area contributed by atoms with Crippen LogP contribution in [0.2, 0.25) is 5.02 Å². The standard InChI is InChI=1S/C15H17ClN2O4/c1-3-15(13(19)9-22-7-6-21-2)11-8-10(16)4-5-12(11)17-14(20)18-15/h1,4-5,8,13,19H,6-7,9H2,2H3,(H2,17,18,20). The molecule has 2 rings (SSSR count). The predicted octanol–water partition coefficient (Wildman–Crippen LogP) is 1.33. The first-order valence-corrected chi connectivity index (χ1v) is 7.03. The third kappa shape index (κ3) is 3.18. The number of anilines is 1. The van der Waals surface area contributed by atoms with E-state index >= 15 is 0 Å². The SMILES string of the molecule is C#CC1(C(O)COCCOC)NC(=O)Nc2ccc(Cl)cc21. The number of carbonyl (C=O) groups is 1. The molecule has 22 heavy (non-hydrogen) atoms. The fourth-order valence-electron chi connectivity index (χ4n) is 2.29. The average Bonchev–Trinajstić information content (AvgIpc) is 2.51. The van der Waals surface area contributed by atoms with Gasteiger partial charge in [0.25, 0.3) is 0 Å². The van der Waals surface area contributed by atoms with Gasteiger partial charge >= 0.3 is 6.03 Å². The van der Waals surface area contributed by atoms with Crippen LogP contribution in [0.5, 0.6) is 0 Å². The maximum absolute atomic E-state index is 11.8. The normalized spacial score (nSPS) is 21.3. The number of urea groups is 1. The summed E-state index contributed by atoms with van der Waals surface area (Å²) < 4.78 is 10.2. The second-order valence-electron chi connectivity index (χ2n) is 4.80. The van der Waals surface area contributed by atoms with E-state index in [4.69, 9.17) is 27.5 Å². The summed E-state index contributed by atoms with van der Waals surface area (Å²) in [6.07, 6.45) is 4.48. The summed E-state index contributed by atoms with van der Waals surface area (Å²) in [5.41, 5.74) is -0.387. The van der Waals surface area contributed by atoms with E-state index in [-0.39, 0.29) is 6.61 Å². The van der Waals surface area contributed by atoms with Crippen molar-refractivity contribution >= 4 is 23.3 Å². The molecule has 0 spiro atoms. The van der Waals surface area contributed by atoms with Gasteiger partial charge in [0.15, 0.2) is 5.54 Å². The zero-order valence-electron chi connectivity index (χ0n) is 12.1. The highest BCUT2D eigenvalue weighted by molar-refractivity contribution is 6.30. The maximum atomic E-state index is 11.8. The third-order valence-corrected chi connectivity index (χ3v) is 3.64. The van der Waals surface area contributed by atoms with Crippen LogP contribution in [-0.2, 0) is 15.0 Å². The van der Waals surface area contributed by atoms with Crippen molar-refractivity contribution in [2.75, 3.05) is 32.2 Å². The minimum absolute atomic E-state index is 0.0558. The molecule has 0 radical (unpaired) electrons. The Morgan fingerprint density at radius 2 is 2.27 bits per heavy atom. The van der Waals surface area contributed by atoms with Crippen LogP contribution in [0.15, 0.2) is 18.2 Å². The molecule has 0 fully saturated rings. The Kier molecular flexibility index (Phi) is 5.27. The highest BCUT2D eigenvalue weighted by Crippen LogP contribution is 2.36. The van der Waals surface area contributed by atoms with E-state index in [1.165, 1.54) is 0 Å². The molecule has 1 aromatic rings. The first-order valence-electron chi connectivity index (χ1n) is 6.65. The molecular formula is C15H17ClN2O4. The summed E-state index contributed by atoms with van der Waals surface area (Å²) >= 11 is 6.01. The van der Waals surface area contributed by atoms with Gasteiger partial charge in [-0.2, -0.15) is 0 Å². The van der Waals surface area contributed by atoms with Crippen LogP contribution in [0, 0.1) is 12.3 Å². The summed E-state index contributed by atoms with van der Waals surface area (Å²) in [5.74, 6) is 2.48. The monoisotopic (exact) mass is 324 g/mol. The van der Waals surface area contributed by atoms with Gasteiger partial charge in [-0.25, -0.2) is 4.79 Å². The largest absolute Gasteiger partial charge is 0.387 e. The number of nitrogens with one attached hydrogen (secondary N) is 2. The fourth-order valence-corrected chi connectivity index (χ4v) is 2.46. The second kappa shape index (κ2) is 6.99. The molecule has 3 N–H and O–H groups in total. The molecule has 6 nitrogen and oxygen atoms in total. The first kappa shape index (κ1) is 16.6. The van der Waals surface area contributed by atoms with Crippen LogP contribution in [0.25, 0.3) is 0 Å². The van der Waals surface area contributed by atoms with E-state index in [1.54, 1.807) is 25.3 Å². The minimum atomic E-state index is -1.41. The van der Waals surface area contributed by atoms with E-state index in [0.717, 1.165) is 0 Å². The van der Waals surface area contributed by atoms with Gasteiger partial charge in [-0.05, 0) is 18.2 Å². The highest BCUT2D eigenvalue weighted by Gasteiger charge is 2.44. The van der Waals surface area contributed by atoms with Crippen LogP contribution in [0.3, 0.4) is 0 Å². The van der Waals surface area contributed by atoms with Gasteiger partial charge in [0.2, 0.25) is 0 Å². The minimum Gasteiger partial charge on any atom is -0.387 e. The molecule has 2 unspecified atom stereocenters. The summed E-state index contributed by atoms with van der Waals surface area (Å²) in [5, 5.41) is 16.2. The molecule has 0 aromatic heterocycles. The maximum Gasteiger partial charge on any atom is 0.320 e. The van der Waals surface area contributed by atoms with Crippen molar-refractivity contribution in [1.29, 1.82) is 0 Å². The van der Waals surface area contributed by atoms with E-state index in [9.17, 15) is 9.90 Å². The number of ether oxygens (including phenoxy) is 2. The summed E-state index contributed by atoms with van der Waals surface area (Å²) in [6, 6.07) is 4.39. The van der Waals surface area contributed by atoms with Gasteiger partial charge in [0.1, 0.15) is 6.10 Å². The van der Waals surface area contributed by atoms with Gasteiger partial charge in [0, 0.05) is 23.4 Å². The van der Waals surface area contributed by atoms with Gasteiger partial charge in [-0.15, -0.1) is 6.42 Å². The smallest absolute Gasteiger partial charge is 0.320 e. The Balaban J connectivity index is 2.30. The quantitative estimate of drug-likeness (QED) is 0.545. The van der Waals surface area contributed by atoms with E-state index in [2.05, 4.69) is 16.6 Å². The number of hydrogen-bond acceptors (Lipinski definition) is 4. The van der Waals surface area contributed by atoms with E-state index < -0.39 is 17.7 Å². The first-order chi connectivity index (χ1) is 10.5. The molecule has 0 saturated carbocycles. The number of fused-ring (bicyclic) bond motifs is 1. The van der Waals surface area contributed by atoms with E-state index in [1.807, 2.05) is 0 Å². The van der Waals surface area contributed by atoms with E-state index in [0.29, 0.717) is 29.5 Å². The number of aliphatic hydroxyl groups is 1. The number of aliphatic hydroxyl groups excluding tert-OH is 1. The van der Waals surface area contributed by atoms with Crippen LogP contribution in [0.4, 0.5) is 10.5 Å². The lowest BCUT2D eigenvalue weighted by molar-refractivity contribution is -0.0143. The van der Waals surface area contributed by atoms with Crippen molar-refractivity contribution in [2.24, 2.45) is 0 Å². The number of amides is 2. The molecule has 1 aromatic carbocycles. The Morgan fingerprint density at radius 3 is 2.95 bits per heavy atom. The topological polar surface area (TPSA) is 79.8 Å².